The molecule has 7 nitrogen and oxygen atoms in total. The maximum Gasteiger partial charge on any atom is 0.416 e. The Kier molecular flexibility index (Phi) is 6.95. The minimum absolute atomic E-state index is 0.161. The van der Waals surface area contributed by atoms with Crippen molar-refractivity contribution in [2.75, 3.05) is 17.8 Å². The molecule has 0 saturated heterocycles. The van der Waals surface area contributed by atoms with E-state index < -0.39 is 22.6 Å². The van der Waals surface area contributed by atoms with E-state index in [1.807, 2.05) is 0 Å². The van der Waals surface area contributed by atoms with Gasteiger partial charge in [-0.2, -0.15) is 0 Å². The van der Waals surface area contributed by atoms with E-state index >= 15 is 0 Å². The number of thiazole rings is 1. The number of nitrogens with zero attached hydrogens (tertiary/aromatic N) is 1. The highest BCUT2D eigenvalue weighted by molar-refractivity contribution is 7.13. The molecule has 0 fully saturated rings. The first kappa shape index (κ1) is 18.2. The quantitative estimate of drug-likeness (QED) is 0.584. The number of ether oxygens (including phenoxy) is 2. The lowest BCUT2D eigenvalue weighted by Crippen LogP contribution is -2.27. The summed E-state index contributed by atoms with van der Waals surface area (Å²) in [5, 5.41) is 3.96. The molecular weight excluding hydrogens is 365 g/mol. The summed E-state index contributed by atoms with van der Waals surface area (Å²) >= 11 is 17.6. The molecule has 21 heavy (non-hydrogen) atoms. The van der Waals surface area contributed by atoms with E-state index in [9.17, 15) is 9.59 Å². The van der Waals surface area contributed by atoms with Gasteiger partial charge in [0.1, 0.15) is 6.04 Å². The first-order chi connectivity index (χ1) is 9.79. The van der Waals surface area contributed by atoms with Gasteiger partial charge in [-0.1, -0.05) is 23.2 Å². The smallest absolute Gasteiger partial charge is 0.416 e. The monoisotopic (exact) mass is 375 g/mol. The zero-order valence-corrected chi connectivity index (χ0v) is 13.9. The molecule has 1 aromatic rings. The highest BCUT2D eigenvalue weighted by Gasteiger charge is 2.28. The number of esters is 1. The topological polar surface area (TPSA) is 104 Å². The molecule has 1 aromatic heterocycles. The lowest BCUT2D eigenvalue weighted by atomic mass is 10.2. The molecule has 0 bridgehead atoms. The van der Waals surface area contributed by atoms with Gasteiger partial charge in [0.15, 0.2) is 5.13 Å². The Labute approximate surface area is 139 Å². The van der Waals surface area contributed by atoms with Crippen molar-refractivity contribution < 1.29 is 19.1 Å². The van der Waals surface area contributed by atoms with E-state index in [0.717, 1.165) is 11.3 Å². The van der Waals surface area contributed by atoms with Gasteiger partial charge in [-0.15, -0.1) is 22.9 Å². The van der Waals surface area contributed by atoms with Crippen LogP contribution < -0.4 is 11.1 Å². The average Bonchev–Trinajstić information content (AvgIpc) is 2.85. The van der Waals surface area contributed by atoms with Gasteiger partial charge in [-0.3, -0.25) is 5.32 Å². The van der Waals surface area contributed by atoms with E-state index in [1.165, 1.54) is 5.38 Å². The van der Waals surface area contributed by atoms with Crippen molar-refractivity contribution in [3.63, 3.8) is 0 Å². The molecular formula is C10H12Cl3N3O4S. The van der Waals surface area contributed by atoms with Gasteiger partial charge in [0.25, 0.3) is 4.52 Å². The minimum Gasteiger partial charge on any atom is -0.465 e. The molecule has 118 valence electrons. The Morgan fingerprint density at radius 2 is 2.24 bits per heavy atom. The average molecular weight is 377 g/mol. The lowest BCUT2D eigenvalue weighted by molar-refractivity contribution is -0.144. The van der Waals surface area contributed by atoms with Crippen LogP contribution in [0.5, 0.6) is 0 Å². The summed E-state index contributed by atoms with van der Waals surface area (Å²) in [5.74, 6) is -0.917. The van der Waals surface area contributed by atoms with Crippen molar-refractivity contribution in [1.82, 2.24) is 4.98 Å². The van der Waals surface area contributed by atoms with Crippen LogP contribution in [-0.4, -0.2) is 34.1 Å². The SMILES string of the molecule is CCOC(=O)C(N)c1csc(NC(=O)OC(Cl)(Cl)CCl)n1. The molecule has 0 saturated carbocycles. The number of amides is 1. The Hall–Kier alpha value is -0.800. The molecule has 1 atom stereocenters. The molecule has 0 aliphatic carbocycles. The van der Waals surface area contributed by atoms with E-state index in [-0.39, 0.29) is 23.3 Å². The predicted octanol–water partition coefficient (Wildman–Crippen LogP) is 2.62. The molecule has 1 heterocycles. The van der Waals surface area contributed by atoms with Crippen LogP contribution in [0.25, 0.3) is 0 Å². The number of hydrogen-bond donors (Lipinski definition) is 2. The number of hydrogen-bond acceptors (Lipinski definition) is 7. The number of carbonyl (C=O) groups excluding carboxylic acids is 2. The van der Waals surface area contributed by atoms with Crippen LogP contribution in [0, 0.1) is 0 Å². The second-order valence-electron chi connectivity index (χ2n) is 3.59. The molecule has 1 rings (SSSR count). The summed E-state index contributed by atoms with van der Waals surface area (Å²) in [6, 6.07) is -1.03. The maximum atomic E-state index is 11.5. The first-order valence-electron chi connectivity index (χ1n) is 5.60. The molecule has 11 heteroatoms. The lowest BCUT2D eigenvalue weighted by Gasteiger charge is -2.16. The predicted molar refractivity (Wildman–Crippen MR) is 80.9 cm³/mol. The standard InChI is InChI=1S/C10H12Cl3N3O4S/c1-2-19-7(17)6(14)5-3-21-8(15-5)16-9(18)20-10(12,13)4-11/h3,6H,2,4,14H2,1H3,(H,15,16,18). The molecule has 3 N–H and O–H groups in total. The van der Waals surface area contributed by atoms with Gasteiger partial charge in [0.2, 0.25) is 0 Å². The summed E-state index contributed by atoms with van der Waals surface area (Å²) in [5.41, 5.74) is 5.92. The summed E-state index contributed by atoms with van der Waals surface area (Å²) in [4.78, 5) is 26.9. The number of aromatic nitrogens is 1. The maximum absolute atomic E-state index is 11.5. The van der Waals surface area contributed by atoms with Crippen molar-refractivity contribution in [3.05, 3.63) is 11.1 Å². The van der Waals surface area contributed by atoms with Crippen molar-refractivity contribution in [3.8, 4) is 0 Å². The number of rotatable bonds is 6. The summed E-state index contributed by atoms with van der Waals surface area (Å²) < 4.78 is 7.57. The fourth-order valence-corrected chi connectivity index (χ4v) is 2.04. The first-order valence-corrected chi connectivity index (χ1v) is 7.77. The van der Waals surface area contributed by atoms with Crippen molar-refractivity contribution in [1.29, 1.82) is 0 Å². The van der Waals surface area contributed by atoms with E-state index in [0.29, 0.717) is 0 Å². The summed E-state index contributed by atoms with van der Waals surface area (Å²) in [6.45, 7) is 1.87. The number of alkyl halides is 3. The van der Waals surface area contributed by atoms with Crippen LogP contribution in [-0.2, 0) is 14.3 Å². The zero-order valence-electron chi connectivity index (χ0n) is 10.8. The van der Waals surface area contributed by atoms with Crippen molar-refractivity contribution in [2.24, 2.45) is 5.73 Å². The molecule has 0 aliphatic heterocycles. The van der Waals surface area contributed by atoms with Crippen LogP contribution in [0.1, 0.15) is 18.7 Å². The molecule has 0 radical (unpaired) electrons. The van der Waals surface area contributed by atoms with Gasteiger partial charge in [0.05, 0.1) is 18.2 Å². The molecule has 1 amide bonds. The van der Waals surface area contributed by atoms with E-state index in [4.69, 9.17) is 45.3 Å². The third-order valence-electron chi connectivity index (χ3n) is 1.99. The third kappa shape index (κ3) is 5.84. The molecule has 0 spiro atoms. The highest BCUT2D eigenvalue weighted by Crippen LogP contribution is 2.26. The number of halogens is 3. The van der Waals surface area contributed by atoms with Gasteiger partial charge >= 0.3 is 12.1 Å². The largest absolute Gasteiger partial charge is 0.465 e. The highest BCUT2D eigenvalue weighted by atomic mass is 35.5. The van der Waals surface area contributed by atoms with Crippen molar-refractivity contribution >= 4 is 63.3 Å². The number of nitrogens with two attached hydrogens (primary N) is 1. The van der Waals surface area contributed by atoms with Crippen LogP contribution in [0.4, 0.5) is 9.93 Å². The van der Waals surface area contributed by atoms with Gasteiger partial charge < -0.3 is 15.2 Å². The zero-order chi connectivity index (χ0) is 16.0. The minimum atomic E-state index is -1.84. The van der Waals surface area contributed by atoms with Crippen LogP contribution >= 0.6 is 46.1 Å². The molecule has 1 unspecified atom stereocenters. The fraction of sp³-hybridized carbons (Fsp3) is 0.500. The normalized spacial score (nSPS) is 12.6. The summed E-state index contributed by atoms with van der Waals surface area (Å²) in [7, 11) is 0. The number of carbonyl (C=O) groups is 2. The number of anilines is 1. The van der Waals surface area contributed by atoms with Gasteiger partial charge in [-0.25, -0.2) is 14.6 Å². The fourth-order valence-electron chi connectivity index (χ4n) is 1.11. The molecule has 0 aliphatic rings. The van der Waals surface area contributed by atoms with Crippen LogP contribution in [0.3, 0.4) is 0 Å². The second-order valence-corrected chi connectivity index (χ2v) is 6.13. The second kappa shape index (κ2) is 8.00. The Bertz CT molecular complexity index is 511. The van der Waals surface area contributed by atoms with Crippen LogP contribution in [0.15, 0.2) is 5.38 Å². The Morgan fingerprint density at radius 3 is 2.81 bits per heavy atom. The Balaban J connectivity index is 2.63. The van der Waals surface area contributed by atoms with Crippen LogP contribution in [0.2, 0.25) is 0 Å². The third-order valence-corrected chi connectivity index (χ3v) is 3.84. The van der Waals surface area contributed by atoms with E-state index in [2.05, 4.69) is 15.0 Å². The summed E-state index contributed by atoms with van der Waals surface area (Å²) in [6.07, 6.45) is -0.939. The van der Waals surface area contributed by atoms with E-state index in [1.54, 1.807) is 6.92 Å². The number of nitrogens with one attached hydrogen (secondary N) is 1. The Morgan fingerprint density at radius 1 is 1.57 bits per heavy atom. The van der Waals surface area contributed by atoms with Gasteiger partial charge in [-0.05, 0) is 6.92 Å². The van der Waals surface area contributed by atoms with Gasteiger partial charge in [0, 0.05) is 5.38 Å². The van der Waals surface area contributed by atoms with Crippen molar-refractivity contribution in [2.45, 2.75) is 17.5 Å². The molecule has 0 aromatic carbocycles.